The summed E-state index contributed by atoms with van der Waals surface area (Å²) in [5.74, 6) is 1.51. The van der Waals surface area contributed by atoms with Gasteiger partial charge in [0.05, 0.1) is 4.47 Å². The lowest BCUT2D eigenvalue weighted by molar-refractivity contribution is 0.449. The summed E-state index contributed by atoms with van der Waals surface area (Å²) < 4.78 is 1.02. The van der Waals surface area contributed by atoms with Gasteiger partial charge in [0.1, 0.15) is 5.82 Å². The van der Waals surface area contributed by atoms with Gasteiger partial charge in [0.15, 0.2) is 0 Å². The van der Waals surface area contributed by atoms with Crippen LogP contribution >= 0.6 is 27.5 Å². The van der Waals surface area contributed by atoms with Gasteiger partial charge in [-0.05, 0) is 39.9 Å². The van der Waals surface area contributed by atoms with Crippen LogP contribution in [0.4, 0.5) is 5.82 Å². The van der Waals surface area contributed by atoms with Gasteiger partial charge in [0.2, 0.25) is 0 Å². The Hall–Kier alpha value is -0.280. The molecule has 1 N–H and O–H groups in total. The first-order valence-electron chi connectivity index (χ1n) is 4.87. The first-order chi connectivity index (χ1) is 6.96. The summed E-state index contributed by atoms with van der Waals surface area (Å²) in [5, 5.41) is 3.30. The van der Waals surface area contributed by atoms with Gasteiger partial charge in [0, 0.05) is 18.6 Å². The molecule has 4 heteroatoms. The van der Waals surface area contributed by atoms with E-state index in [2.05, 4.69) is 40.1 Å². The number of pyridine rings is 1. The topological polar surface area (TPSA) is 24.9 Å². The third-order valence-electron chi connectivity index (χ3n) is 2.18. The fourth-order valence-electron chi connectivity index (χ4n) is 1.03. The summed E-state index contributed by atoms with van der Waals surface area (Å²) in [6.45, 7) is 7.10. The van der Waals surface area contributed by atoms with Gasteiger partial charge in [0.25, 0.3) is 0 Å². The van der Waals surface area contributed by atoms with Crippen LogP contribution in [0.25, 0.3) is 0 Å². The van der Waals surface area contributed by atoms with Gasteiger partial charge in [-0.1, -0.05) is 13.8 Å². The number of hydrogen-bond acceptors (Lipinski definition) is 2. The lowest BCUT2D eigenvalue weighted by atomic mass is 9.97. The average molecular weight is 292 g/mol. The molecule has 1 aromatic heterocycles. The Bertz CT molecular complexity index is 339. The first-order valence-corrected chi connectivity index (χ1v) is 6.20. The number of hydrogen-bond donors (Lipinski definition) is 1. The second kappa shape index (κ2) is 5.17. The molecule has 84 valence electrons. The van der Waals surface area contributed by atoms with Gasteiger partial charge in [-0.3, -0.25) is 0 Å². The Morgan fingerprint density at radius 3 is 2.80 bits per heavy atom. The van der Waals surface area contributed by atoms with Gasteiger partial charge >= 0.3 is 0 Å². The highest BCUT2D eigenvalue weighted by molar-refractivity contribution is 9.10. The van der Waals surface area contributed by atoms with E-state index in [4.69, 9.17) is 11.6 Å². The molecule has 1 rings (SSSR count). The highest BCUT2D eigenvalue weighted by atomic mass is 79.9. The van der Waals surface area contributed by atoms with Crippen LogP contribution in [0.5, 0.6) is 0 Å². The molecule has 0 aliphatic rings. The fourth-order valence-corrected chi connectivity index (χ4v) is 1.50. The number of anilines is 1. The van der Waals surface area contributed by atoms with Crippen LogP contribution in [-0.4, -0.2) is 17.4 Å². The van der Waals surface area contributed by atoms with Crippen molar-refractivity contribution < 1.29 is 0 Å². The van der Waals surface area contributed by atoms with Gasteiger partial charge in [-0.25, -0.2) is 4.98 Å². The lowest BCUT2D eigenvalue weighted by Crippen LogP contribution is -2.25. The molecule has 2 nitrogen and oxygen atoms in total. The maximum Gasteiger partial charge on any atom is 0.140 e. The average Bonchev–Trinajstić information content (AvgIpc) is 2.20. The number of aryl methyl sites for hydroxylation is 1. The van der Waals surface area contributed by atoms with E-state index in [-0.39, 0.29) is 5.41 Å². The molecular weight excluding hydrogens is 275 g/mol. The van der Waals surface area contributed by atoms with Crippen molar-refractivity contribution in [1.29, 1.82) is 0 Å². The number of aromatic nitrogens is 1. The largest absolute Gasteiger partial charge is 0.369 e. The van der Waals surface area contributed by atoms with Crippen molar-refractivity contribution >= 4 is 33.3 Å². The molecule has 0 saturated carbocycles. The summed E-state index contributed by atoms with van der Waals surface area (Å²) in [5.41, 5.74) is 1.25. The molecule has 15 heavy (non-hydrogen) atoms. The summed E-state index contributed by atoms with van der Waals surface area (Å²) in [7, 11) is 0. The van der Waals surface area contributed by atoms with Crippen LogP contribution in [0.1, 0.15) is 19.4 Å². The Morgan fingerprint density at radius 1 is 1.53 bits per heavy atom. The standard InChI is InChI=1S/C11H16BrClN2/c1-8-4-5-14-10(9(8)12)15-7-11(2,3)6-13/h4-5H,6-7H2,1-3H3,(H,14,15). The predicted molar refractivity (Wildman–Crippen MR) is 69.7 cm³/mol. The van der Waals surface area contributed by atoms with Gasteiger partial charge < -0.3 is 5.32 Å². The van der Waals surface area contributed by atoms with E-state index < -0.39 is 0 Å². The smallest absolute Gasteiger partial charge is 0.140 e. The number of rotatable bonds is 4. The normalized spacial score (nSPS) is 11.5. The van der Waals surface area contributed by atoms with Crippen LogP contribution in [0.2, 0.25) is 0 Å². The monoisotopic (exact) mass is 290 g/mol. The second-order valence-corrected chi connectivity index (χ2v) is 5.50. The molecule has 1 heterocycles. The van der Waals surface area contributed by atoms with Crippen LogP contribution in [-0.2, 0) is 0 Å². The van der Waals surface area contributed by atoms with Crippen LogP contribution in [0.15, 0.2) is 16.7 Å². The van der Waals surface area contributed by atoms with Crippen molar-refractivity contribution in [2.45, 2.75) is 20.8 Å². The number of nitrogens with one attached hydrogen (secondary N) is 1. The van der Waals surface area contributed by atoms with Crippen molar-refractivity contribution in [2.24, 2.45) is 5.41 Å². The molecule has 0 fully saturated rings. The van der Waals surface area contributed by atoms with Crippen molar-refractivity contribution in [3.8, 4) is 0 Å². The van der Waals surface area contributed by atoms with E-state index >= 15 is 0 Å². The quantitative estimate of drug-likeness (QED) is 0.853. The molecule has 0 bridgehead atoms. The fraction of sp³-hybridized carbons (Fsp3) is 0.545. The van der Waals surface area contributed by atoms with E-state index in [9.17, 15) is 0 Å². The SMILES string of the molecule is Cc1ccnc(NCC(C)(C)CCl)c1Br. The molecule has 0 aliphatic carbocycles. The highest BCUT2D eigenvalue weighted by Gasteiger charge is 2.16. The molecule has 0 amide bonds. The molecule has 0 aromatic carbocycles. The number of alkyl halides is 1. The zero-order valence-corrected chi connectivity index (χ0v) is 11.6. The molecule has 0 radical (unpaired) electrons. The predicted octanol–water partition coefficient (Wildman–Crippen LogP) is 3.83. The summed E-state index contributed by atoms with van der Waals surface area (Å²) in [6, 6.07) is 1.97. The molecular formula is C11H16BrClN2. The lowest BCUT2D eigenvalue weighted by Gasteiger charge is -2.22. The van der Waals surface area contributed by atoms with Gasteiger partial charge in [-0.2, -0.15) is 0 Å². The van der Waals surface area contributed by atoms with Crippen molar-refractivity contribution in [3.63, 3.8) is 0 Å². The van der Waals surface area contributed by atoms with Crippen LogP contribution in [0, 0.1) is 12.3 Å². The summed E-state index contributed by atoms with van der Waals surface area (Å²) in [6.07, 6.45) is 1.80. The Labute approximate surface area is 105 Å². The van der Waals surface area contributed by atoms with Gasteiger partial charge in [-0.15, -0.1) is 11.6 Å². The first kappa shape index (κ1) is 12.8. The van der Waals surface area contributed by atoms with Crippen LogP contribution in [0.3, 0.4) is 0 Å². The molecule has 0 atom stereocenters. The van der Waals surface area contributed by atoms with E-state index in [0.29, 0.717) is 5.88 Å². The minimum Gasteiger partial charge on any atom is -0.369 e. The Balaban J connectivity index is 2.70. The van der Waals surface area contributed by atoms with E-state index in [0.717, 1.165) is 16.8 Å². The van der Waals surface area contributed by atoms with Crippen molar-refractivity contribution in [2.75, 3.05) is 17.7 Å². The Kier molecular flexibility index (Phi) is 4.41. The maximum atomic E-state index is 5.86. The minimum atomic E-state index is 0.0758. The Morgan fingerprint density at radius 2 is 2.20 bits per heavy atom. The van der Waals surface area contributed by atoms with Crippen molar-refractivity contribution in [3.05, 3.63) is 22.3 Å². The zero-order valence-electron chi connectivity index (χ0n) is 9.27. The third kappa shape index (κ3) is 3.65. The maximum absolute atomic E-state index is 5.86. The molecule has 1 aromatic rings. The minimum absolute atomic E-state index is 0.0758. The summed E-state index contributed by atoms with van der Waals surface area (Å²) >= 11 is 9.37. The van der Waals surface area contributed by atoms with E-state index in [1.165, 1.54) is 5.56 Å². The summed E-state index contributed by atoms with van der Waals surface area (Å²) in [4.78, 5) is 4.28. The second-order valence-electron chi connectivity index (χ2n) is 4.44. The highest BCUT2D eigenvalue weighted by Crippen LogP contribution is 2.25. The van der Waals surface area contributed by atoms with E-state index in [1.54, 1.807) is 6.20 Å². The van der Waals surface area contributed by atoms with Crippen LogP contribution < -0.4 is 5.32 Å². The molecule has 0 unspecified atom stereocenters. The number of halogens is 2. The molecule has 0 saturated heterocycles. The molecule has 0 aliphatic heterocycles. The third-order valence-corrected chi connectivity index (χ3v) is 3.90. The van der Waals surface area contributed by atoms with Crippen molar-refractivity contribution in [1.82, 2.24) is 4.98 Å². The van der Waals surface area contributed by atoms with E-state index in [1.807, 2.05) is 13.0 Å². The number of nitrogens with zero attached hydrogens (tertiary/aromatic N) is 1. The zero-order chi connectivity index (χ0) is 11.5. The molecule has 0 spiro atoms.